The van der Waals surface area contributed by atoms with Crippen LogP contribution in [0.4, 0.5) is 14.6 Å². The van der Waals surface area contributed by atoms with Gasteiger partial charge in [-0.2, -0.15) is 5.26 Å². The van der Waals surface area contributed by atoms with Gasteiger partial charge in [0, 0.05) is 36.2 Å². The van der Waals surface area contributed by atoms with Gasteiger partial charge in [0.15, 0.2) is 0 Å². The second-order valence-electron chi connectivity index (χ2n) is 11.0. The molecule has 2 heterocycles. The van der Waals surface area contributed by atoms with Crippen LogP contribution >= 0.6 is 0 Å². The number of halogens is 2. The minimum atomic E-state index is -0.511. The number of carbonyl (C=O) groups excluding carboxylic acids is 1. The molecule has 6 nitrogen and oxygen atoms in total. The van der Waals surface area contributed by atoms with Crippen LogP contribution in [0.3, 0.4) is 0 Å². The molecule has 1 aliphatic heterocycles. The minimum Gasteiger partial charge on any atom is -0.366 e. The first kappa shape index (κ1) is 40.7. The molecule has 1 N–H and O–H groups in total. The van der Waals surface area contributed by atoms with E-state index in [1.165, 1.54) is 25.9 Å². The first-order chi connectivity index (χ1) is 22.6. The van der Waals surface area contributed by atoms with Gasteiger partial charge in [-0.1, -0.05) is 58.6 Å². The van der Waals surface area contributed by atoms with E-state index in [4.69, 9.17) is 5.26 Å². The molecule has 8 heteroatoms. The maximum atomic E-state index is 14.0. The van der Waals surface area contributed by atoms with Crippen LogP contribution in [0.25, 0.3) is 17.0 Å². The highest BCUT2D eigenvalue weighted by atomic mass is 19.1. The van der Waals surface area contributed by atoms with Gasteiger partial charge < -0.3 is 15.1 Å². The van der Waals surface area contributed by atoms with Crippen molar-refractivity contribution in [3.8, 4) is 6.07 Å². The summed E-state index contributed by atoms with van der Waals surface area (Å²) in [4.78, 5) is 21.8. The highest BCUT2D eigenvalue weighted by molar-refractivity contribution is 6.07. The van der Waals surface area contributed by atoms with Crippen molar-refractivity contribution in [1.82, 2.24) is 14.8 Å². The second-order valence-corrected chi connectivity index (χ2v) is 11.0. The molecule has 0 saturated carbocycles. The third-order valence-electron chi connectivity index (χ3n) is 7.57. The summed E-state index contributed by atoms with van der Waals surface area (Å²) in [5.41, 5.74) is 2.94. The molecule has 1 unspecified atom stereocenters. The van der Waals surface area contributed by atoms with E-state index in [9.17, 15) is 13.6 Å². The molecule has 0 bridgehead atoms. The van der Waals surface area contributed by atoms with Crippen LogP contribution in [0.1, 0.15) is 88.7 Å². The smallest absolute Gasteiger partial charge is 0.254 e. The van der Waals surface area contributed by atoms with Crippen molar-refractivity contribution in [2.45, 2.75) is 79.8 Å². The molecule has 1 fully saturated rings. The first-order valence-electron chi connectivity index (χ1n) is 16.5. The number of nitriles is 1. The van der Waals surface area contributed by atoms with Crippen LogP contribution in [0, 0.1) is 23.0 Å². The number of amides is 1. The molecule has 254 valence electrons. The third-order valence-corrected chi connectivity index (χ3v) is 7.57. The predicted molar refractivity (Wildman–Crippen MR) is 194 cm³/mol. The van der Waals surface area contributed by atoms with Crippen LogP contribution in [0.2, 0.25) is 0 Å². The molecule has 0 aliphatic carbocycles. The lowest BCUT2D eigenvalue weighted by Gasteiger charge is -2.25. The lowest BCUT2D eigenvalue weighted by Crippen LogP contribution is -2.34. The zero-order valence-corrected chi connectivity index (χ0v) is 29.5. The molecule has 1 aliphatic rings. The molecule has 47 heavy (non-hydrogen) atoms. The summed E-state index contributed by atoms with van der Waals surface area (Å²) in [6.45, 7) is 18.4. The molecule has 0 spiro atoms. The van der Waals surface area contributed by atoms with E-state index in [1.807, 2.05) is 78.0 Å². The zero-order chi connectivity index (χ0) is 35.4. The van der Waals surface area contributed by atoms with Crippen LogP contribution < -0.4 is 5.32 Å². The molecule has 3 aromatic rings. The molecule has 1 amide bonds. The van der Waals surface area contributed by atoms with Crippen molar-refractivity contribution in [3.63, 3.8) is 0 Å². The SMILES string of the molecule is C/C=C\C(C#N)=C/CC.C=Cc1ccc2nc(NCc3cc(F)ccc3F)cc(C(=O)N(C)C(C)CC)c2c1.CC.CN1CCCC1. The normalized spacial score (nSPS) is 13.3. The average molecular weight is 646 g/mol. The number of nitrogens with zero attached hydrogens (tertiary/aromatic N) is 4. The number of aromatic nitrogens is 1. The van der Waals surface area contributed by atoms with E-state index in [0.29, 0.717) is 16.9 Å². The average Bonchev–Trinajstić information content (AvgIpc) is 3.59. The number of anilines is 1. The van der Waals surface area contributed by atoms with Crippen LogP contribution in [0.5, 0.6) is 0 Å². The maximum absolute atomic E-state index is 14.0. The van der Waals surface area contributed by atoms with Crippen molar-refractivity contribution in [3.05, 3.63) is 101 Å². The first-order valence-corrected chi connectivity index (χ1v) is 16.5. The fourth-order valence-electron chi connectivity index (χ4n) is 4.59. The minimum absolute atomic E-state index is 0.0433. The Bertz CT molecular complexity index is 1520. The highest BCUT2D eigenvalue weighted by Gasteiger charge is 2.20. The van der Waals surface area contributed by atoms with E-state index in [0.717, 1.165) is 47.6 Å². The number of allylic oxidation sites excluding steroid dienone is 4. The maximum Gasteiger partial charge on any atom is 0.254 e. The van der Waals surface area contributed by atoms with E-state index < -0.39 is 11.6 Å². The van der Waals surface area contributed by atoms with Crippen LogP contribution in [0.15, 0.2) is 72.8 Å². The summed E-state index contributed by atoms with van der Waals surface area (Å²) < 4.78 is 27.4. The van der Waals surface area contributed by atoms with Crippen molar-refractivity contribution in [2.24, 2.45) is 0 Å². The molecular formula is C39H53F2N5O. The predicted octanol–water partition coefficient (Wildman–Crippen LogP) is 9.80. The lowest BCUT2D eigenvalue weighted by atomic mass is 10.0. The number of rotatable bonds is 9. The quantitative estimate of drug-likeness (QED) is 0.185. The molecule has 4 rings (SSSR count). The standard InChI is InChI=1S/C24H25F2N3O.C8H11N.C5H11N.C2H6/c1-5-15(3)29(4)24(30)20-13-23(27-14-17-12-18(25)8-9-21(17)26)28-22-10-7-16(6-2)11-19(20)22;1-3-5-8(7-9)6-4-2;1-6-4-2-3-5-6;1-2/h6-13,15H,2,5,14H2,1,3-4H3,(H,27,28);3,5-6H,4H2,1-2H3;2-5H2,1H3;1-2H3/b;5-3-,8-6+;;. The Morgan fingerprint density at radius 1 is 1.15 bits per heavy atom. The molecule has 1 saturated heterocycles. The van der Waals surface area contributed by atoms with Gasteiger partial charge in [-0.05, 0) is 108 Å². The zero-order valence-electron chi connectivity index (χ0n) is 29.5. The summed E-state index contributed by atoms with van der Waals surface area (Å²) in [5, 5.41) is 12.2. The Morgan fingerprint density at radius 3 is 2.36 bits per heavy atom. The number of pyridine rings is 1. The van der Waals surface area contributed by atoms with Crippen molar-refractivity contribution >= 4 is 28.7 Å². The fourth-order valence-corrected chi connectivity index (χ4v) is 4.59. The van der Waals surface area contributed by atoms with Gasteiger partial charge in [-0.3, -0.25) is 4.79 Å². The van der Waals surface area contributed by atoms with Gasteiger partial charge >= 0.3 is 0 Å². The number of hydrogen-bond donors (Lipinski definition) is 1. The number of carbonyl (C=O) groups is 1. The fraction of sp³-hybridized carbons (Fsp3) is 0.410. The van der Waals surface area contributed by atoms with Crippen molar-refractivity contribution in [1.29, 1.82) is 5.26 Å². The molecule has 1 atom stereocenters. The number of nitrogens with one attached hydrogen (secondary N) is 1. The van der Waals surface area contributed by atoms with Crippen molar-refractivity contribution < 1.29 is 13.6 Å². The number of fused-ring (bicyclic) bond motifs is 1. The summed E-state index contributed by atoms with van der Waals surface area (Å²) in [6, 6.07) is 12.7. The van der Waals surface area contributed by atoms with E-state index >= 15 is 0 Å². The molecule has 2 aromatic carbocycles. The van der Waals surface area contributed by atoms with Gasteiger partial charge in [0.25, 0.3) is 5.91 Å². The van der Waals surface area contributed by atoms with Crippen LogP contribution in [-0.4, -0.2) is 53.9 Å². The van der Waals surface area contributed by atoms with E-state index in [1.54, 1.807) is 24.1 Å². The van der Waals surface area contributed by atoms with E-state index in [-0.39, 0.29) is 24.1 Å². The Kier molecular flexibility index (Phi) is 19.2. The lowest BCUT2D eigenvalue weighted by molar-refractivity contribution is 0.0742. The Labute approximate surface area is 281 Å². The van der Waals surface area contributed by atoms with E-state index in [2.05, 4.69) is 34.9 Å². The summed E-state index contributed by atoms with van der Waals surface area (Å²) in [6.07, 6.45) is 11.9. The van der Waals surface area contributed by atoms with Gasteiger partial charge in [-0.25, -0.2) is 13.8 Å². The van der Waals surface area contributed by atoms with Gasteiger partial charge in [0.05, 0.1) is 17.1 Å². The van der Waals surface area contributed by atoms with Crippen LogP contribution in [-0.2, 0) is 6.54 Å². The molecule has 1 aromatic heterocycles. The number of hydrogen-bond acceptors (Lipinski definition) is 5. The van der Waals surface area contributed by atoms with Crippen molar-refractivity contribution in [2.75, 3.05) is 32.5 Å². The monoisotopic (exact) mass is 645 g/mol. The summed E-state index contributed by atoms with van der Waals surface area (Å²) in [7, 11) is 3.95. The second kappa shape index (κ2) is 22.2. The van der Waals surface area contributed by atoms with Gasteiger partial charge in [-0.15, -0.1) is 0 Å². The largest absolute Gasteiger partial charge is 0.366 e. The number of benzene rings is 2. The van der Waals surface area contributed by atoms with Gasteiger partial charge in [0.1, 0.15) is 17.5 Å². The Morgan fingerprint density at radius 2 is 1.83 bits per heavy atom. The third kappa shape index (κ3) is 13.5. The van der Waals surface area contributed by atoms with Gasteiger partial charge in [0.2, 0.25) is 0 Å². The summed E-state index contributed by atoms with van der Waals surface area (Å²) in [5.74, 6) is -0.729. The topological polar surface area (TPSA) is 72.3 Å². The molecule has 0 radical (unpaired) electrons. The number of likely N-dealkylation sites (tertiary alicyclic amines) is 1. The highest BCUT2D eigenvalue weighted by Crippen LogP contribution is 2.25. The Balaban J connectivity index is 0.000000531. The molecular weight excluding hydrogens is 592 g/mol. The summed E-state index contributed by atoms with van der Waals surface area (Å²) >= 11 is 0. The Hall–Kier alpha value is -4.35.